The Balaban J connectivity index is 2.44. The van der Waals surface area contributed by atoms with E-state index in [0.717, 1.165) is 22.0 Å². The number of methoxy groups -OCH3 is 1. The van der Waals surface area contributed by atoms with Gasteiger partial charge in [-0.25, -0.2) is 4.98 Å². The molecule has 0 saturated carbocycles. The molecule has 0 fully saturated rings. The number of ether oxygens (including phenoxy) is 1. The van der Waals surface area contributed by atoms with Crippen molar-refractivity contribution in [3.8, 4) is 17.0 Å². The summed E-state index contributed by atoms with van der Waals surface area (Å²) < 4.78 is 5.17. The first-order valence-electron chi connectivity index (χ1n) is 5.99. The summed E-state index contributed by atoms with van der Waals surface area (Å²) >= 11 is 1.71. The Morgan fingerprint density at radius 1 is 1.28 bits per heavy atom. The molecule has 3 nitrogen and oxygen atoms in total. The molecule has 0 aliphatic heterocycles. The summed E-state index contributed by atoms with van der Waals surface area (Å²) in [6.45, 7) is 4.86. The molecule has 0 amide bonds. The van der Waals surface area contributed by atoms with E-state index in [1.165, 1.54) is 4.88 Å². The number of nitrogens with two attached hydrogens (primary N) is 1. The van der Waals surface area contributed by atoms with Crippen LogP contribution in [0.4, 0.5) is 0 Å². The van der Waals surface area contributed by atoms with Crippen LogP contribution in [0.25, 0.3) is 11.3 Å². The summed E-state index contributed by atoms with van der Waals surface area (Å²) in [7, 11) is 1.67. The third kappa shape index (κ3) is 2.54. The minimum Gasteiger partial charge on any atom is -0.497 e. The van der Waals surface area contributed by atoms with Crippen LogP contribution in [0.2, 0.25) is 0 Å². The molecular formula is C14H18N2OS. The van der Waals surface area contributed by atoms with Gasteiger partial charge in [0.15, 0.2) is 0 Å². The van der Waals surface area contributed by atoms with Crippen molar-refractivity contribution in [1.82, 2.24) is 4.98 Å². The predicted molar refractivity (Wildman–Crippen MR) is 76.1 cm³/mol. The van der Waals surface area contributed by atoms with Crippen molar-refractivity contribution in [2.75, 3.05) is 7.11 Å². The summed E-state index contributed by atoms with van der Waals surface area (Å²) in [5, 5.41) is 0.990. The fourth-order valence-electron chi connectivity index (χ4n) is 1.81. The SMILES string of the molecule is COc1ccc(-c2nc(CN)sc2C(C)C)cc1. The predicted octanol–water partition coefficient (Wildman–Crippen LogP) is 3.40. The fourth-order valence-corrected chi connectivity index (χ4v) is 2.78. The lowest BCUT2D eigenvalue weighted by atomic mass is 10.1. The van der Waals surface area contributed by atoms with Crippen LogP contribution in [-0.4, -0.2) is 12.1 Å². The highest BCUT2D eigenvalue weighted by molar-refractivity contribution is 7.12. The molecule has 0 aliphatic carbocycles. The maximum absolute atomic E-state index is 5.68. The largest absolute Gasteiger partial charge is 0.497 e. The third-order valence-electron chi connectivity index (χ3n) is 2.76. The van der Waals surface area contributed by atoms with Crippen LogP contribution in [0.1, 0.15) is 29.7 Å². The van der Waals surface area contributed by atoms with Crippen LogP contribution in [0, 0.1) is 0 Å². The van der Waals surface area contributed by atoms with Gasteiger partial charge in [0.25, 0.3) is 0 Å². The number of nitrogens with zero attached hydrogens (tertiary/aromatic N) is 1. The van der Waals surface area contributed by atoms with Gasteiger partial charge in [0.1, 0.15) is 10.8 Å². The second kappa shape index (κ2) is 5.50. The van der Waals surface area contributed by atoms with Gasteiger partial charge in [-0.1, -0.05) is 13.8 Å². The van der Waals surface area contributed by atoms with Crippen molar-refractivity contribution < 1.29 is 4.74 Å². The zero-order valence-electron chi connectivity index (χ0n) is 10.9. The Kier molecular flexibility index (Phi) is 3.99. The van der Waals surface area contributed by atoms with E-state index in [1.807, 2.05) is 24.3 Å². The van der Waals surface area contributed by atoms with Crippen LogP contribution in [0.3, 0.4) is 0 Å². The molecule has 0 spiro atoms. The quantitative estimate of drug-likeness (QED) is 0.918. The van der Waals surface area contributed by atoms with E-state index in [-0.39, 0.29) is 0 Å². The van der Waals surface area contributed by atoms with Crippen molar-refractivity contribution >= 4 is 11.3 Å². The highest BCUT2D eigenvalue weighted by atomic mass is 32.1. The Hall–Kier alpha value is -1.39. The van der Waals surface area contributed by atoms with Gasteiger partial charge >= 0.3 is 0 Å². The minimum absolute atomic E-state index is 0.458. The molecule has 0 unspecified atom stereocenters. The number of hydrogen-bond donors (Lipinski definition) is 1. The first-order valence-corrected chi connectivity index (χ1v) is 6.81. The summed E-state index contributed by atoms with van der Waals surface area (Å²) in [6, 6.07) is 8.00. The Morgan fingerprint density at radius 2 is 1.94 bits per heavy atom. The van der Waals surface area contributed by atoms with E-state index >= 15 is 0 Å². The van der Waals surface area contributed by atoms with E-state index in [4.69, 9.17) is 10.5 Å². The van der Waals surface area contributed by atoms with Crippen molar-refractivity contribution in [3.05, 3.63) is 34.2 Å². The lowest BCUT2D eigenvalue weighted by Crippen LogP contribution is -1.94. The molecule has 0 atom stereocenters. The molecule has 4 heteroatoms. The molecular weight excluding hydrogens is 244 g/mol. The topological polar surface area (TPSA) is 48.1 Å². The van der Waals surface area contributed by atoms with Gasteiger partial charge in [0.05, 0.1) is 12.8 Å². The van der Waals surface area contributed by atoms with Gasteiger partial charge in [-0.3, -0.25) is 0 Å². The lowest BCUT2D eigenvalue weighted by Gasteiger charge is -2.06. The van der Waals surface area contributed by atoms with Crippen LogP contribution >= 0.6 is 11.3 Å². The lowest BCUT2D eigenvalue weighted by molar-refractivity contribution is 0.415. The average molecular weight is 262 g/mol. The molecule has 1 heterocycles. The van der Waals surface area contributed by atoms with E-state index in [0.29, 0.717) is 12.5 Å². The molecule has 2 aromatic rings. The number of aromatic nitrogens is 1. The molecule has 96 valence electrons. The fraction of sp³-hybridized carbons (Fsp3) is 0.357. The van der Waals surface area contributed by atoms with E-state index in [9.17, 15) is 0 Å². The zero-order valence-corrected chi connectivity index (χ0v) is 11.8. The van der Waals surface area contributed by atoms with E-state index in [1.54, 1.807) is 18.4 Å². The van der Waals surface area contributed by atoms with Gasteiger partial charge in [0, 0.05) is 17.0 Å². The average Bonchev–Trinajstić information content (AvgIpc) is 2.83. The van der Waals surface area contributed by atoms with E-state index < -0.39 is 0 Å². The minimum atomic E-state index is 0.458. The molecule has 2 rings (SSSR count). The van der Waals surface area contributed by atoms with Crippen molar-refractivity contribution in [3.63, 3.8) is 0 Å². The summed E-state index contributed by atoms with van der Waals surface area (Å²) in [5.74, 6) is 1.32. The molecule has 1 aromatic heterocycles. The van der Waals surface area contributed by atoms with Crippen LogP contribution in [0.15, 0.2) is 24.3 Å². The van der Waals surface area contributed by atoms with Gasteiger partial charge in [-0.15, -0.1) is 11.3 Å². The molecule has 18 heavy (non-hydrogen) atoms. The highest BCUT2D eigenvalue weighted by Crippen LogP contribution is 2.34. The second-order valence-corrected chi connectivity index (χ2v) is 5.52. The molecule has 0 saturated heterocycles. The first-order chi connectivity index (χ1) is 8.65. The smallest absolute Gasteiger partial charge is 0.118 e. The van der Waals surface area contributed by atoms with Crippen LogP contribution < -0.4 is 10.5 Å². The molecule has 0 bridgehead atoms. The Labute approximate surface area is 112 Å². The molecule has 1 aromatic carbocycles. The summed E-state index contributed by atoms with van der Waals surface area (Å²) in [6.07, 6.45) is 0. The number of hydrogen-bond acceptors (Lipinski definition) is 4. The number of benzene rings is 1. The van der Waals surface area contributed by atoms with Gasteiger partial charge in [0.2, 0.25) is 0 Å². The molecule has 0 radical (unpaired) electrons. The zero-order chi connectivity index (χ0) is 13.1. The summed E-state index contributed by atoms with van der Waals surface area (Å²) in [4.78, 5) is 5.92. The van der Waals surface area contributed by atoms with Gasteiger partial charge in [-0.05, 0) is 30.2 Å². The Morgan fingerprint density at radius 3 is 2.44 bits per heavy atom. The number of thiazole rings is 1. The maximum Gasteiger partial charge on any atom is 0.118 e. The monoisotopic (exact) mass is 262 g/mol. The standard InChI is InChI=1S/C14H18N2OS/c1-9(2)14-13(16-12(8-15)18-14)10-4-6-11(17-3)7-5-10/h4-7,9H,8,15H2,1-3H3. The third-order valence-corrected chi connectivity index (χ3v) is 4.14. The van der Waals surface area contributed by atoms with Crippen molar-refractivity contribution in [2.45, 2.75) is 26.3 Å². The van der Waals surface area contributed by atoms with Crippen LogP contribution in [-0.2, 0) is 6.54 Å². The van der Waals surface area contributed by atoms with E-state index in [2.05, 4.69) is 18.8 Å². The van der Waals surface area contributed by atoms with Gasteiger partial charge in [-0.2, -0.15) is 0 Å². The second-order valence-electron chi connectivity index (χ2n) is 4.41. The highest BCUT2D eigenvalue weighted by Gasteiger charge is 2.15. The first kappa shape index (κ1) is 13.1. The molecule has 2 N–H and O–H groups in total. The van der Waals surface area contributed by atoms with Crippen molar-refractivity contribution in [1.29, 1.82) is 0 Å². The normalized spacial score (nSPS) is 10.9. The maximum atomic E-state index is 5.68. The number of rotatable bonds is 4. The Bertz CT molecular complexity index is 517. The van der Waals surface area contributed by atoms with Gasteiger partial charge < -0.3 is 10.5 Å². The summed E-state index contributed by atoms with van der Waals surface area (Å²) in [5.41, 5.74) is 7.86. The van der Waals surface area contributed by atoms with Crippen molar-refractivity contribution in [2.24, 2.45) is 5.73 Å². The molecule has 0 aliphatic rings. The van der Waals surface area contributed by atoms with Crippen LogP contribution in [0.5, 0.6) is 5.75 Å².